The minimum Gasteiger partial charge on any atom is -0.496 e. The maximum Gasteiger partial charge on any atom is 0.248 e. The average Bonchev–Trinajstić information content (AvgIpc) is 2.84. The fourth-order valence-corrected chi connectivity index (χ4v) is 4.39. The summed E-state index contributed by atoms with van der Waals surface area (Å²) in [6, 6.07) is 9.23. The van der Waals surface area contributed by atoms with Crippen molar-refractivity contribution in [3.8, 4) is 17.0 Å². The quantitative estimate of drug-likeness (QED) is 0.620. The lowest BCUT2D eigenvalue weighted by molar-refractivity contribution is -0.0349. The Bertz CT molecular complexity index is 1160. The van der Waals surface area contributed by atoms with Gasteiger partial charge in [0.1, 0.15) is 11.9 Å². The van der Waals surface area contributed by atoms with Gasteiger partial charge in [-0.15, -0.1) is 0 Å². The molecule has 2 N–H and O–H groups in total. The van der Waals surface area contributed by atoms with E-state index >= 15 is 0 Å². The fraction of sp³-hybridized carbons (Fsp3) is 0.346. The van der Waals surface area contributed by atoms with E-state index in [1.807, 2.05) is 12.1 Å². The molecule has 1 atom stereocenters. The lowest BCUT2D eigenvalue weighted by atomic mass is 9.96. The number of aryl methyl sites for hydroxylation is 1. The van der Waals surface area contributed by atoms with Gasteiger partial charge in [0.25, 0.3) is 0 Å². The summed E-state index contributed by atoms with van der Waals surface area (Å²) in [4.78, 5) is 23.0. The number of carbonyl (C=O) groups is 1. The number of benzene rings is 2. The molecule has 2 heterocycles. The molecule has 0 bridgehead atoms. The molecule has 7 nitrogen and oxygen atoms in total. The molecule has 1 aromatic heterocycles. The number of primary amides is 1. The van der Waals surface area contributed by atoms with E-state index in [1.165, 1.54) is 22.3 Å². The maximum atomic E-state index is 11.4. The summed E-state index contributed by atoms with van der Waals surface area (Å²) in [5.41, 5.74) is 13.3. The maximum absolute atomic E-state index is 11.4. The monoisotopic (exact) mass is 446 g/mol. The van der Waals surface area contributed by atoms with E-state index in [4.69, 9.17) is 15.2 Å². The van der Waals surface area contributed by atoms with Crippen molar-refractivity contribution < 1.29 is 14.3 Å². The molecule has 1 aliphatic rings. The van der Waals surface area contributed by atoms with Crippen LogP contribution in [-0.2, 0) is 11.3 Å². The van der Waals surface area contributed by atoms with Crippen LogP contribution in [0.3, 0.4) is 0 Å². The van der Waals surface area contributed by atoms with E-state index < -0.39 is 5.91 Å². The van der Waals surface area contributed by atoms with Crippen LogP contribution < -0.4 is 10.5 Å². The third-order valence-electron chi connectivity index (χ3n) is 6.43. The van der Waals surface area contributed by atoms with Gasteiger partial charge < -0.3 is 15.2 Å². The second-order valence-corrected chi connectivity index (χ2v) is 8.45. The van der Waals surface area contributed by atoms with Gasteiger partial charge in [0.05, 0.1) is 25.1 Å². The number of ether oxygens (including phenoxy) is 2. The van der Waals surface area contributed by atoms with Crippen molar-refractivity contribution in [3.05, 3.63) is 76.2 Å². The molecule has 1 amide bonds. The number of carbonyl (C=O) groups excluding carboxylic acids is 1. The van der Waals surface area contributed by atoms with Gasteiger partial charge in [-0.2, -0.15) is 0 Å². The van der Waals surface area contributed by atoms with Crippen molar-refractivity contribution in [3.63, 3.8) is 0 Å². The highest BCUT2D eigenvalue weighted by molar-refractivity contribution is 5.93. The van der Waals surface area contributed by atoms with E-state index in [0.717, 1.165) is 42.3 Å². The highest BCUT2D eigenvalue weighted by Gasteiger charge is 2.27. The Balaban J connectivity index is 1.58. The number of rotatable bonds is 6. The average molecular weight is 447 g/mol. The van der Waals surface area contributed by atoms with Crippen LogP contribution in [0.5, 0.6) is 5.75 Å². The number of aromatic nitrogens is 2. The van der Waals surface area contributed by atoms with Gasteiger partial charge in [-0.1, -0.05) is 12.1 Å². The number of hydrogen-bond acceptors (Lipinski definition) is 6. The van der Waals surface area contributed by atoms with Crippen LogP contribution in [0.4, 0.5) is 0 Å². The van der Waals surface area contributed by atoms with Crippen LogP contribution in [0.15, 0.2) is 42.7 Å². The van der Waals surface area contributed by atoms with Crippen LogP contribution in [0.25, 0.3) is 11.3 Å². The molecular weight excluding hydrogens is 416 g/mol. The number of hydrogen-bond donors (Lipinski definition) is 1. The number of nitrogens with two attached hydrogens (primary N) is 1. The Morgan fingerprint density at radius 3 is 2.58 bits per heavy atom. The van der Waals surface area contributed by atoms with Crippen molar-refractivity contribution in [2.75, 3.05) is 26.8 Å². The first-order valence-electron chi connectivity index (χ1n) is 11.1. The Morgan fingerprint density at radius 1 is 1.15 bits per heavy atom. The molecule has 2 aromatic carbocycles. The molecule has 1 aliphatic heterocycles. The van der Waals surface area contributed by atoms with Gasteiger partial charge in [-0.05, 0) is 61.2 Å². The predicted molar refractivity (Wildman–Crippen MR) is 127 cm³/mol. The topological polar surface area (TPSA) is 90.6 Å². The SMILES string of the molecule is COc1cc(C)c(CN2CCOC(c3nccnc3-c3ccc(C(N)=O)cc3)C2)c(C)c1C. The minimum absolute atomic E-state index is 0.196. The molecule has 1 fully saturated rings. The zero-order valence-corrected chi connectivity index (χ0v) is 19.6. The number of morpholine rings is 1. The van der Waals surface area contributed by atoms with E-state index in [0.29, 0.717) is 12.2 Å². The molecule has 0 saturated carbocycles. The number of amides is 1. The second kappa shape index (κ2) is 9.68. The van der Waals surface area contributed by atoms with Crippen molar-refractivity contribution in [1.82, 2.24) is 14.9 Å². The largest absolute Gasteiger partial charge is 0.496 e. The summed E-state index contributed by atoms with van der Waals surface area (Å²) in [7, 11) is 1.72. The van der Waals surface area contributed by atoms with E-state index in [2.05, 4.69) is 41.7 Å². The van der Waals surface area contributed by atoms with Crippen LogP contribution >= 0.6 is 0 Å². The zero-order valence-electron chi connectivity index (χ0n) is 19.6. The first-order chi connectivity index (χ1) is 15.9. The lowest BCUT2D eigenvalue weighted by Crippen LogP contribution is -2.38. The van der Waals surface area contributed by atoms with Crippen LogP contribution in [-0.4, -0.2) is 47.6 Å². The highest BCUT2D eigenvalue weighted by atomic mass is 16.5. The summed E-state index contributed by atoms with van der Waals surface area (Å²) < 4.78 is 11.7. The third-order valence-corrected chi connectivity index (χ3v) is 6.43. The van der Waals surface area contributed by atoms with Gasteiger partial charge in [0.15, 0.2) is 0 Å². The molecule has 172 valence electrons. The molecule has 0 radical (unpaired) electrons. The standard InChI is InChI=1S/C26H30N4O3/c1-16-13-22(32-4)18(3)17(2)21(16)14-30-11-12-33-23(15-30)25-24(28-9-10-29-25)19-5-7-20(8-6-19)26(27)31/h5-10,13,23H,11-12,14-15H2,1-4H3,(H2,27,31). The normalized spacial score (nSPS) is 16.5. The van der Waals surface area contributed by atoms with Crippen LogP contribution in [0.1, 0.15) is 44.4 Å². The Hall–Kier alpha value is -3.29. The van der Waals surface area contributed by atoms with Crippen molar-refractivity contribution in [1.29, 1.82) is 0 Å². The molecule has 4 rings (SSSR count). The molecule has 33 heavy (non-hydrogen) atoms. The Labute approximate surface area is 194 Å². The van der Waals surface area contributed by atoms with Gasteiger partial charge in [-0.25, -0.2) is 0 Å². The molecule has 0 aliphatic carbocycles. The molecule has 3 aromatic rings. The van der Waals surface area contributed by atoms with E-state index in [9.17, 15) is 4.79 Å². The molecule has 0 spiro atoms. The number of nitrogens with zero attached hydrogens (tertiary/aromatic N) is 3. The number of methoxy groups -OCH3 is 1. The summed E-state index contributed by atoms with van der Waals surface area (Å²) >= 11 is 0. The summed E-state index contributed by atoms with van der Waals surface area (Å²) in [6.45, 7) is 9.43. The molecule has 7 heteroatoms. The summed E-state index contributed by atoms with van der Waals surface area (Å²) in [6.07, 6.45) is 3.17. The van der Waals surface area contributed by atoms with Crippen molar-refractivity contribution in [2.45, 2.75) is 33.4 Å². The third kappa shape index (κ3) is 4.74. The van der Waals surface area contributed by atoms with Gasteiger partial charge >= 0.3 is 0 Å². The van der Waals surface area contributed by atoms with E-state index in [1.54, 1.807) is 31.6 Å². The Morgan fingerprint density at radius 2 is 1.88 bits per heavy atom. The predicted octanol–water partition coefficient (Wildman–Crippen LogP) is 3.75. The molecule has 1 saturated heterocycles. The smallest absolute Gasteiger partial charge is 0.248 e. The summed E-state index contributed by atoms with van der Waals surface area (Å²) in [5, 5.41) is 0. The zero-order chi connectivity index (χ0) is 23.5. The van der Waals surface area contributed by atoms with Gasteiger partial charge in [0, 0.05) is 43.2 Å². The van der Waals surface area contributed by atoms with Crippen molar-refractivity contribution in [2.24, 2.45) is 5.73 Å². The van der Waals surface area contributed by atoms with Gasteiger partial charge in [-0.3, -0.25) is 19.7 Å². The van der Waals surface area contributed by atoms with Crippen LogP contribution in [0, 0.1) is 20.8 Å². The first kappa shape index (κ1) is 22.9. The van der Waals surface area contributed by atoms with Crippen LogP contribution in [0.2, 0.25) is 0 Å². The highest BCUT2D eigenvalue weighted by Crippen LogP contribution is 2.32. The summed E-state index contributed by atoms with van der Waals surface area (Å²) in [5.74, 6) is 0.478. The second-order valence-electron chi connectivity index (χ2n) is 8.45. The van der Waals surface area contributed by atoms with E-state index in [-0.39, 0.29) is 6.10 Å². The lowest BCUT2D eigenvalue weighted by Gasteiger charge is -2.34. The first-order valence-corrected chi connectivity index (χ1v) is 11.1. The Kier molecular flexibility index (Phi) is 6.72. The van der Waals surface area contributed by atoms with Gasteiger partial charge in [0.2, 0.25) is 5.91 Å². The molecule has 1 unspecified atom stereocenters. The minimum atomic E-state index is -0.452. The fourth-order valence-electron chi connectivity index (χ4n) is 4.39. The molecular formula is C26H30N4O3. The van der Waals surface area contributed by atoms with Crippen molar-refractivity contribution >= 4 is 5.91 Å².